The highest BCUT2D eigenvalue weighted by Crippen LogP contribution is 2.49. The van der Waals surface area contributed by atoms with E-state index in [1.807, 2.05) is 0 Å². The molecule has 3 N–H and O–H groups in total. The Morgan fingerprint density at radius 3 is 2.16 bits per heavy atom. The molecule has 1 aliphatic rings. The van der Waals surface area contributed by atoms with Gasteiger partial charge >= 0.3 is 5.97 Å². The number of aromatic hydroxyl groups is 3. The average Bonchev–Trinajstić information content (AvgIpc) is 2.88. The molecule has 10 nitrogen and oxygen atoms in total. The van der Waals surface area contributed by atoms with Crippen LogP contribution in [0, 0.1) is 0 Å². The van der Waals surface area contributed by atoms with Crippen LogP contribution in [-0.4, -0.2) is 42.6 Å². The molecule has 0 saturated heterocycles. The summed E-state index contributed by atoms with van der Waals surface area (Å²) in [5.41, 5.74) is 0.725. The largest absolute Gasteiger partial charge is 0.507 e. The smallest absolute Gasteiger partial charge is 0.312 e. The second-order valence-corrected chi connectivity index (χ2v) is 8.38. The molecule has 0 saturated carbocycles. The van der Waals surface area contributed by atoms with Gasteiger partial charge in [0.05, 0.1) is 27.8 Å². The van der Waals surface area contributed by atoms with Gasteiger partial charge in [-0.25, -0.2) is 0 Å². The molecular formula is C27H22O10. The number of ether oxygens (including phenoxy) is 4. The maximum absolute atomic E-state index is 13.1. The number of phenolic OH excluding ortho intramolecular Hbond substituents is 3. The van der Waals surface area contributed by atoms with E-state index in [0.717, 1.165) is 0 Å². The first-order valence-electron chi connectivity index (χ1n) is 11.1. The molecule has 2 heterocycles. The number of carbonyl (C=O) groups excluding carboxylic acids is 1. The molecule has 10 heteroatoms. The first-order chi connectivity index (χ1) is 17.7. The SMILES string of the molecule is COc1cc([C@H]2CC(=O)Oc3cc(O)c4c(=O)cc(-c5ccc(O)c(O)c5)oc4c32)cc(OC)c1OC. The van der Waals surface area contributed by atoms with Crippen LogP contribution in [0.1, 0.15) is 23.5 Å². The number of fused-ring (bicyclic) bond motifs is 3. The summed E-state index contributed by atoms with van der Waals surface area (Å²) in [5, 5.41) is 30.2. The third-order valence-electron chi connectivity index (χ3n) is 6.27. The maximum Gasteiger partial charge on any atom is 0.312 e. The quantitative estimate of drug-likeness (QED) is 0.206. The number of hydrogen-bond donors (Lipinski definition) is 3. The molecule has 0 spiro atoms. The predicted octanol–water partition coefficient (Wildman–Crippen LogP) is 4.04. The summed E-state index contributed by atoms with van der Waals surface area (Å²) in [7, 11) is 4.41. The zero-order valence-corrected chi connectivity index (χ0v) is 20.0. The van der Waals surface area contributed by atoms with Gasteiger partial charge in [-0.2, -0.15) is 0 Å². The molecule has 5 rings (SSSR count). The molecule has 1 atom stereocenters. The van der Waals surface area contributed by atoms with Crippen LogP contribution in [0.25, 0.3) is 22.3 Å². The Morgan fingerprint density at radius 2 is 1.54 bits per heavy atom. The molecule has 0 bridgehead atoms. The Kier molecular flexibility index (Phi) is 5.79. The fraction of sp³-hybridized carbons (Fsp3) is 0.185. The summed E-state index contributed by atoms with van der Waals surface area (Å²) in [6, 6.07) is 9.72. The van der Waals surface area contributed by atoms with Crippen LogP contribution < -0.4 is 24.4 Å². The lowest BCUT2D eigenvalue weighted by molar-refractivity contribution is -0.135. The minimum Gasteiger partial charge on any atom is -0.507 e. The highest BCUT2D eigenvalue weighted by atomic mass is 16.5. The molecule has 1 aromatic heterocycles. The maximum atomic E-state index is 13.1. The van der Waals surface area contributed by atoms with E-state index >= 15 is 0 Å². The summed E-state index contributed by atoms with van der Waals surface area (Å²) < 4.78 is 27.9. The number of phenols is 3. The average molecular weight is 506 g/mol. The second kappa shape index (κ2) is 8.98. The molecule has 3 aromatic carbocycles. The van der Waals surface area contributed by atoms with Gasteiger partial charge in [0.1, 0.15) is 28.2 Å². The van der Waals surface area contributed by atoms with Crippen LogP contribution >= 0.6 is 0 Å². The summed E-state index contributed by atoms with van der Waals surface area (Å²) in [6.45, 7) is 0. The monoisotopic (exact) mass is 506 g/mol. The Labute approximate surface area is 209 Å². The first kappa shape index (κ1) is 23.9. The third kappa shape index (κ3) is 3.92. The number of benzene rings is 3. The van der Waals surface area contributed by atoms with Gasteiger partial charge in [-0.3, -0.25) is 9.59 Å². The Bertz CT molecular complexity index is 1590. The molecule has 4 aromatic rings. The van der Waals surface area contributed by atoms with Gasteiger partial charge in [-0.1, -0.05) is 0 Å². The lowest BCUT2D eigenvalue weighted by atomic mass is 9.84. The number of hydrogen-bond acceptors (Lipinski definition) is 10. The van der Waals surface area contributed by atoms with Gasteiger partial charge in [0.15, 0.2) is 28.4 Å². The molecule has 1 aliphatic heterocycles. The summed E-state index contributed by atoms with van der Waals surface area (Å²) >= 11 is 0. The van der Waals surface area contributed by atoms with E-state index in [2.05, 4.69) is 0 Å². The van der Waals surface area contributed by atoms with Gasteiger partial charge in [0, 0.05) is 29.2 Å². The molecule has 0 radical (unpaired) electrons. The molecule has 0 amide bonds. The Morgan fingerprint density at radius 1 is 0.838 bits per heavy atom. The van der Waals surface area contributed by atoms with E-state index in [4.69, 9.17) is 23.4 Å². The minimum atomic E-state index is -0.667. The van der Waals surface area contributed by atoms with Gasteiger partial charge in [-0.05, 0) is 35.9 Å². The summed E-state index contributed by atoms with van der Waals surface area (Å²) in [6.07, 6.45) is -0.0978. The number of rotatable bonds is 5. The summed E-state index contributed by atoms with van der Waals surface area (Å²) in [5.74, 6) is -1.17. The number of esters is 1. The second-order valence-electron chi connectivity index (χ2n) is 8.38. The van der Waals surface area contributed by atoms with E-state index < -0.39 is 28.8 Å². The van der Waals surface area contributed by atoms with Crippen molar-refractivity contribution in [2.75, 3.05) is 21.3 Å². The van der Waals surface area contributed by atoms with Crippen molar-refractivity contribution in [1.82, 2.24) is 0 Å². The van der Waals surface area contributed by atoms with Crippen LogP contribution in [0.15, 0.2) is 51.7 Å². The van der Waals surface area contributed by atoms with Crippen molar-refractivity contribution in [3.05, 3.63) is 63.8 Å². The molecule has 0 unspecified atom stereocenters. The number of methoxy groups -OCH3 is 3. The van der Waals surface area contributed by atoms with Gasteiger partial charge in [0.2, 0.25) is 5.75 Å². The Hall–Kier alpha value is -4.86. The van der Waals surface area contributed by atoms with Crippen molar-refractivity contribution < 1.29 is 43.5 Å². The zero-order valence-electron chi connectivity index (χ0n) is 20.0. The summed E-state index contributed by atoms with van der Waals surface area (Å²) in [4.78, 5) is 25.7. The van der Waals surface area contributed by atoms with Crippen molar-refractivity contribution in [3.63, 3.8) is 0 Å². The molecule has 37 heavy (non-hydrogen) atoms. The Balaban J connectivity index is 1.81. The van der Waals surface area contributed by atoms with Crippen molar-refractivity contribution in [2.45, 2.75) is 12.3 Å². The standard InChI is InChI=1S/C27H22O10/c1-33-21-7-13(8-22(34-2)26(21)35-3)14-9-23(32)36-20-11-18(31)25-17(30)10-19(37-27(25)24(14)20)12-4-5-15(28)16(29)6-12/h4-8,10-11,14,28-29,31H,9H2,1-3H3/t14-/m1/s1. The number of carbonyl (C=O) groups is 1. The lowest BCUT2D eigenvalue weighted by Crippen LogP contribution is -2.22. The minimum absolute atomic E-state index is 0.0105. The fourth-order valence-corrected chi connectivity index (χ4v) is 4.57. The predicted molar refractivity (Wildman–Crippen MR) is 131 cm³/mol. The molecule has 0 aliphatic carbocycles. The molecule has 190 valence electrons. The topological polar surface area (TPSA) is 145 Å². The van der Waals surface area contributed by atoms with E-state index in [-0.39, 0.29) is 34.6 Å². The fourth-order valence-electron chi connectivity index (χ4n) is 4.57. The normalized spacial score (nSPS) is 14.7. The van der Waals surface area contributed by atoms with E-state index in [1.165, 1.54) is 51.7 Å². The van der Waals surface area contributed by atoms with E-state index in [1.54, 1.807) is 12.1 Å². The van der Waals surface area contributed by atoms with Crippen LogP contribution in [0.2, 0.25) is 0 Å². The van der Waals surface area contributed by atoms with Crippen LogP contribution in [0.3, 0.4) is 0 Å². The van der Waals surface area contributed by atoms with Crippen LogP contribution in [-0.2, 0) is 4.79 Å². The zero-order chi connectivity index (χ0) is 26.4. The highest BCUT2D eigenvalue weighted by Gasteiger charge is 2.34. The van der Waals surface area contributed by atoms with Crippen molar-refractivity contribution >= 4 is 16.9 Å². The van der Waals surface area contributed by atoms with Crippen molar-refractivity contribution in [2.24, 2.45) is 0 Å². The van der Waals surface area contributed by atoms with Crippen LogP contribution in [0.5, 0.6) is 40.2 Å². The lowest BCUT2D eigenvalue weighted by Gasteiger charge is -2.27. The van der Waals surface area contributed by atoms with Crippen molar-refractivity contribution in [1.29, 1.82) is 0 Å². The molecular weight excluding hydrogens is 484 g/mol. The van der Waals surface area contributed by atoms with E-state index in [9.17, 15) is 24.9 Å². The van der Waals surface area contributed by atoms with Gasteiger partial charge in [-0.15, -0.1) is 0 Å². The van der Waals surface area contributed by atoms with Crippen LogP contribution in [0.4, 0.5) is 0 Å². The first-order valence-corrected chi connectivity index (χ1v) is 11.1. The van der Waals surface area contributed by atoms with Crippen molar-refractivity contribution in [3.8, 4) is 51.6 Å². The third-order valence-corrected chi connectivity index (χ3v) is 6.27. The molecule has 0 fully saturated rings. The van der Waals surface area contributed by atoms with E-state index in [0.29, 0.717) is 33.9 Å². The highest BCUT2D eigenvalue weighted by molar-refractivity contribution is 5.93. The van der Waals surface area contributed by atoms with Gasteiger partial charge in [0.25, 0.3) is 0 Å². The van der Waals surface area contributed by atoms with Gasteiger partial charge < -0.3 is 38.7 Å².